The van der Waals surface area contributed by atoms with Gasteiger partial charge < -0.3 is 24.4 Å². The molecule has 0 aromatic heterocycles. The summed E-state index contributed by atoms with van der Waals surface area (Å²) in [6.45, 7) is 5.73. The van der Waals surface area contributed by atoms with Crippen LogP contribution in [0.2, 0.25) is 0 Å². The first-order valence-corrected chi connectivity index (χ1v) is 10.8. The largest absolute Gasteiger partial charge is 0.507 e. The average molecular weight is 439 g/mol. The van der Waals surface area contributed by atoms with Gasteiger partial charge in [-0.05, 0) is 57.8 Å². The first-order chi connectivity index (χ1) is 15.4. The van der Waals surface area contributed by atoms with Crippen LogP contribution in [-0.2, 0) is 9.59 Å². The summed E-state index contributed by atoms with van der Waals surface area (Å²) in [5.74, 6) is -0.242. The summed E-state index contributed by atoms with van der Waals surface area (Å²) in [7, 11) is 3.81. The highest BCUT2D eigenvalue weighted by Gasteiger charge is 2.45. The highest BCUT2D eigenvalue weighted by molar-refractivity contribution is 6.46. The zero-order valence-corrected chi connectivity index (χ0v) is 19.0. The van der Waals surface area contributed by atoms with Crippen molar-refractivity contribution in [3.05, 3.63) is 65.2 Å². The molecule has 0 spiro atoms. The molecule has 7 nitrogen and oxygen atoms in total. The molecule has 0 unspecified atom stereocenters. The number of benzene rings is 2. The lowest BCUT2D eigenvalue weighted by Crippen LogP contribution is -2.35. The van der Waals surface area contributed by atoms with E-state index in [4.69, 9.17) is 9.47 Å². The van der Waals surface area contributed by atoms with Crippen molar-refractivity contribution in [1.29, 1.82) is 0 Å². The lowest BCUT2D eigenvalue weighted by molar-refractivity contribution is -0.140. The van der Waals surface area contributed by atoms with Gasteiger partial charge in [-0.2, -0.15) is 0 Å². The Bertz CT molecular complexity index is 998. The SMILES string of the molecule is CCOc1ccc([C@H]2C(=C(O)c3cccc(OCC)c3)C(=O)C(=O)N2CCN(C)C)cc1. The number of aliphatic hydroxyl groups is 1. The van der Waals surface area contributed by atoms with E-state index in [1.807, 2.05) is 45.0 Å². The Morgan fingerprint density at radius 1 is 1.00 bits per heavy atom. The molecule has 1 amide bonds. The second-order valence-corrected chi connectivity index (χ2v) is 7.76. The summed E-state index contributed by atoms with van der Waals surface area (Å²) in [4.78, 5) is 29.5. The van der Waals surface area contributed by atoms with Crippen LogP contribution in [0.5, 0.6) is 11.5 Å². The van der Waals surface area contributed by atoms with Crippen molar-refractivity contribution in [2.45, 2.75) is 19.9 Å². The number of hydrogen-bond donors (Lipinski definition) is 1. The minimum absolute atomic E-state index is 0.0755. The van der Waals surface area contributed by atoms with Gasteiger partial charge in [0.25, 0.3) is 11.7 Å². The van der Waals surface area contributed by atoms with Crippen molar-refractivity contribution < 1.29 is 24.2 Å². The Morgan fingerprint density at radius 2 is 1.66 bits per heavy atom. The molecular formula is C25H30N2O5. The summed E-state index contributed by atoms with van der Waals surface area (Å²) in [6.07, 6.45) is 0. The van der Waals surface area contributed by atoms with Crippen LogP contribution in [0.15, 0.2) is 54.1 Å². The monoisotopic (exact) mass is 438 g/mol. The summed E-state index contributed by atoms with van der Waals surface area (Å²) in [6, 6.07) is 13.5. The van der Waals surface area contributed by atoms with Crippen LogP contribution >= 0.6 is 0 Å². The lowest BCUT2D eigenvalue weighted by Gasteiger charge is -2.26. The summed E-state index contributed by atoms with van der Waals surface area (Å²) in [5, 5.41) is 11.2. The van der Waals surface area contributed by atoms with Crippen LogP contribution in [0, 0.1) is 0 Å². The zero-order chi connectivity index (χ0) is 23.3. The number of Topliss-reactive ketones (excluding diaryl/α,β-unsaturated/α-hetero) is 1. The van der Waals surface area contributed by atoms with E-state index in [0.29, 0.717) is 43.4 Å². The fourth-order valence-electron chi connectivity index (χ4n) is 3.73. The van der Waals surface area contributed by atoms with E-state index < -0.39 is 17.7 Å². The topological polar surface area (TPSA) is 79.3 Å². The molecule has 170 valence electrons. The predicted octanol–water partition coefficient (Wildman–Crippen LogP) is 3.47. The number of nitrogens with zero attached hydrogens (tertiary/aromatic N) is 2. The van der Waals surface area contributed by atoms with Crippen molar-refractivity contribution >= 4 is 17.4 Å². The number of aliphatic hydroxyl groups excluding tert-OH is 1. The first kappa shape index (κ1) is 23.3. The number of carbonyl (C=O) groups excluding carboxylic acids is 2. The molecule has 1 aliphatic heterocycles. The lowest BCUT2D eigenvalue weighted by atomic mass is 9.95. The van der Waals surface area contributed by atoms with Crippen molar-refractivity contribution in [3.8, 4) is 11.5 Å². The molecule has 1 atom stereocenters. The molecule has 0 saturated carbocycles. The molecule has 1 saturated heterocycles. The minimum atomic E-state index is -0.693. The van der Waals surface area contributed by atoms with E-state index in [-0.39, 0.29) is 11.3 Å². The van der Waals surface area contributed by atoms with Crippen LogP contribution in [0.4, 0.5) is 0 Å². The van der Waals surface area contributed by atoms with Crippen molar-refractivity contribution in [3.63, 3.8) is 0 Å². The standard InChI is InChI=1S/C25H30N2O5/c1-5-31-19-12-10-17(11-13-19)22-21(24(29)25(30)27(22)15-14-26(3)4)23(28)18-8-7-9-20(16-18)32-6-2/h7-13,16,22,28H,5-6,14-15H2,1-4H3/t22-/m0/s1. The summed E-state index contributed by atoms with van der Waals surface area (Å²) >= 11 is 0. The van der Waals surface area contributed by atoms with Gasteiger partial charge in [0.05, 0.1) is 24.8 Å². The summed E-state index contributed by atoms with van der Waals surface area (Å²) < 4.78 is 11.0. The number of hydrogen-bond acceptors (Lipinski definition) is 6. The van der Waals surface area contributed by atoms with Gasteiger partial charge in [0, 0.05) is 18.7 Å². The van der Waals surface area contributed by atoms with Gasteiger partial charge in [0.1, 0.15) is 17.3 Å². The third-order valence-corrected chi connectivity index (χ3v) is 5.25. The Labute approximate surface area is 188 Å². The highest BCUT2D eigenvalue weighted by atomic mass is 16.5. The molecule has 0 radical (unpaired) electrons. The molecule has 3 rings (SSSR count). The molecule has 0 bridgehead atoms. The highest BCUT2D eigenvalue weighted by Crippen LogP contribution is 2.40. The first-order valence-electron chi connectivity index (χ1n) is 10.8. The van der Waals surface area contributed by atoms with Gasteiger partial charge >= 0.3 is 0 Å². The van der Waals surface area contributed by atoms with E-state index in [2.05, 4.69) is 0 Å². The van der Waals surface area contributed by atoms with Gasteiger partial charge in [-0.1, -0.05) is 24.3 Å². The molecule has 7 heteroatoms. The zero-order valence-electron chi connectivity index (χ0n) is 19.0. The Hall–Kier alpha value is -3.32. The maximum Gasteiger partial charge on any atom is 0.295 e. The van der Waals surface area contributed by atoms with Gasteiger partial charge in [0.2, 0.25) is 0 Å². The molecule has 0 aliphatic carbocycles. The average Bonchev–Trinajstić information content (AvgIpc) is 3.03. The van der Waals surface area contributed by atoms with E-state index in [0.717, 1.165) is 5.56 Å². The maximum absolute atomic E-state index is 13.1. The molecule has 2 aromatic carbocycles. The number of amides is 1. The molecule has 1 N–H and O–H groups in total. The fourth-order valence-corrected chi connectivity index (χ4v) is 3.73. The van der Waals surface area contributed by atoms with Crippen LogP contribution in [0.1, 0.15) is 31.0 Å². The third kappa shape index (κ3) is 4.94. The van der Waals surface area contributed by atoms with Crippen LogP contribution in [-0.4, -0.2) is 67.0 Å². The van der Waals surface area contributed by atoms with Gasteiger partial charge in [-0.3, -0.25) is 9.59 Å². The Balaban J connectivity index is 2.10. The summed E-state index contributed by atoms with van der Waals surface area (Å²) in [5.41, 5.74) is 1.23. The van der Waals surface area contributed by atoms with Crippen molar-refractivity contribution in [2.24, 2.45) is 0 Å². The number of likely N-dealkylation sites (tertiary alicyclic amines) is 1. The molecule has 1 fully saturated rings. The van der Waals surface area contributed by atoms with Crippen LogP contribution in [0.3, 0.4) is 0 Å². The van der Waals surface area contributed by atoms with Crippen molar-refractivity contribution in [1.82, 2.24) is 9.80 Å². The van der Waals surface area contributed by atoms with E-state index in [9.17, 15) is 14.7 Å². The number of rotatable bonds is 9. The smallest absolute Gasteiger partial charge is 0.295 e. The Morgan fingerprint density at radius 3 is 2.28 bits per heavy atom. The third-order valence-electron chi connectivity index (χ3n) is 5.25. The van der Waals surface area contributed by atoms with Crippen LogP contribution in [0.25, 0.3) is 5.76 Å². The molecule has 1 heterocycles. The normalized spacial score (nSPS) is 17.8. The number of ether oxygens (including phenoxy) is 2. The number of ketones is 1. The number of likely N-dealkylation sites (N-methyl/N-ethyl adjacent to an activating group) is 1. The van der Waals surface area contributed by atoms with E-state index in [1.54, 1.807) is 36.4 Å². The van der Waals surface area contributed by atoms with Gasteiger partial charge in [-0.15, -0.1) is 0 Å². The number of carbonyl (C=O) groups is 2. The second-order valence-electron chi connectivity index (χ2n) is 7.76. The van der Waals surface area contributed by atoms with E-state index >= 15 is 0 Å². The minimum Gasteiger partial charge on any atom is -0.507 e. The van der Waals surface area contributed by atoms with Crippen molar-refractivity contribution in [2.75, 3.05) is 40.4 Å². The second kappa shape index (κ2) is 10.3. The fraction of sp³-hybridized carbons (Fsp3) is 0.360. The Kier molecular flexibility index (Phi) is 7.53. The van der Waals surface area contributed by atoms with E-state index in [1.165, 1.54) is 4.90 Å². The van der Waals surface area contributed by atoms with Gasteiger partial charge in [0.15, 0.2) is 0 Å². The molecular weight excluding hydrogens is 408 g/mol. The quantitative estimate of drug-likeness (QED) is 0.367. The van der Waals surface area contributed by atoms with Crippen LogP contribution < -0.4 is 9.47 Å². The molecule has 2 aromatic rings. The predicted molar refractivity (Wildman–Crippen MR) is 123 cm³/mol. The van der Waals surface area contributed by atoms with Gasteiger partial charge in [-0.25, -0.2) is 0 Å². The molecule has 1 aliphatic rings. The molecule has 32 heavy (non-hydrogen) atoms. The maximum atomic E-state index is 13.1.